The lowest BCUT2D eigenvalue weighted by Crippen LogP contribution is -2.21. The molecule has 0 saturated heterocycles. The van der Waals surface area contributed by atoms with Crippen molar-refractivity contribution in [2.24, 2.45) is 0 Å². The normalized spacial score (nSPS) is 10.0. The molecule has 0 saturated carbocycles. The van der Waals surface area contributed by atoms with Crippen LogP contribution in [0.1, 0.15) is 20.7 Å². The molecule has 0 aliphatic carbocycles. The standard InChI is InChI=1S/C18H14ClF3O8/c1-3-9(23)27-5-7-29-17(25)11-14(20)12(16(22)13(19)15(11)21)18(26)30-8-6-28-10(24)4-2/h3-4H,1-2,5-8H2. The minimum absolute atomic E-state index is 0.465. The van der Waals surface area contributed by atoms with E-state index in [-0.39, 0.29) is 0 Å². The van der Waals surface area contributed by atoms with Crippen molar-refractivity contribution in [2.75, 3.05) is 26.4 Å². The van der Waals surface area contributed by atoms with E-state index < -0.39 is 83.9 Å². The maximum Gasteiger partial charge on any atom is 0.344 e. The predicted molar refractivity (Wildman–Crippen MR) is 94.2 cm³/mol. The highest BCUT2D eigenvalue weighted by molar-refractivity contribution is 6.31. The van der Waals surface area contributed by atoms with E-state index in [4.69, 9.17) is 11.6 Å². The SMILES string of the molecule is C=CC(=O)OCCOC(=O)c1c(F)c(Cl)c(F)c(C(=O)OCCOC(=O)C=C)c1F. The molecule has 1 aromatic rings. The van der Waals surface area contributed by atoms with E-state index in [0.29, 0.717) is 0 Å². The molecular formula is C18H14ClF3O8. The summed E-state index contributed by atoms with van der Waals surface area (Å²) >= 11 is 5.40. The molecule has 0 aliphatic rings. The van der Waals surface area contributed by atoms with E-state index in [1.165, 1.54) is 0 Å². The van der Waals surface area contributed by atoms with Crippen molar-refractivity contribution in [3.63, 3.8) is 0 Å². The molecule has 0 heterocycles. The Balaban J connectivity index is 2.98. The van der Waals surface area contributed by atoms with E-state index >= 15 is 0 Å². The molecule has 0 unspecified atom stereocenters. The van der Waals surface area contributed by atoms with Gasteiger partial charge in [0.05, 0.1) is 0 Å². The highest BCUT2D eigenvalue weighted by Gasteiger charge is 2.33. The zero-order chi connectivity index (χ0) is 22.8. The number of carbonyl (C=O) groups excluding carboxylic acids is 4. The van der Waals surface area contributed by atoms with Gasteiger partial charge in [0.1, 0.15) is 42.6 Å². The molecule has 0 N–H and O–H groups in total. The molecule has 0 fully saturated rings. The van der Waals surface area contributed by atoms with E-state index in [1.807, 2.05) is 0 Å². The third-order valence-electron chi connectivity index (χ3n) is 3.13. The Bertz CT molecular complexity index is 818. The van der Waals surface area contributed by atoms with Crippen molar-refractivity contribution in [3.8, 4) is 0 Å². The molecule has 1 aromatic carbocycles. The second-order valence-electron chi connectivity index (χ2n) is 5.02. The van der Waals surface area contributed by atoms with Gasteiger partial charge in [-0.15, -0.1) is 0 Å². The molecule has 0 aromatic heterocycles. The fraction of sp³-hybridized carbons (Fsp3) is 0.222. The number of hydrogen-bond donors (Lipinski definition) is 0. The van der Waals surface area contributed by atoms with Crippen LogP contribution in [0.4, 0.5) is 13.2 Å². The van der Waals surface area contributed by atoms with Gasteiger partial charge in [-0.25, -0.2) is 32.3 Å². The van der Waals surface area contributed by atoms with Gasteiger partial charge in [0.2, 0.25) is 0 Å². The van der Waals surface area contributed by atoms with Gasteiger partial charge in [-0.1, -0.05) is 24.8 Å². The lowest BCUT2D eigenvalue weighted by Gasteiger charge is -2.12. The molecule has 0 aliphatic heterocycles. The molecule has 30 heavy (non-hydrogen) atoms. The average molecular weight is 451 g/mol. The lowest BCUT2D eigenvalue weighted by atomic mass is 10.1. The van der Waals surface area contributed by atoms with E-state index in [2.05, 4.69) is 32.1 Å². The molecular weight excluding hydrogens is 437 g/mol. The minimum atomic E-state index is -1.92. The first kappa shape index (κ1) is 24.7. The number of ether oxygens (including phenoxy) is 4. The van der Waals surface area contributed by atoms with Crippen molar-refractivity contribution in [1.29, 1.82) is 0 Å². The first-order valence-corrected chi connectivity index (χ1v) is 8.32. The van der Waals surface area contributed by atoms with Crippen LogP contribution in [0.25, 0.3) is 0 Å². The van der Waals surface area contributed by atoms with E-state index in [0.717, 1.165) is 12.2 Å². The third-order valence-corrected chi connectivity index (χ3v) is 3.46. The highest BCUT2D eigenvalue weighted by Crippen LogP contribution is 2.30. The number of halogens is 4. The van der Waals surface area contributed by atoms with Crippen LogP contribution in [0.15, 0.2) is 25.3 Å². The van der Waals surface area contributed by atoms with Crippen LogP contribution in [-0.2, 0) is 28.5 Å². The van der Waals surface area contributed by atoms with Gasteiger partial charge >= 0.3 is 23.9 Å². The van der Waals surface area contributed by atoms with Crippen molar-refractivity contribution in [2.45, 2.75) is 0 Å². The van der Waals surface area contributed by atoms with Crippen LogP contribution in [0.5, 0.6) is 0 Å². The number of rotatable bonds is 10. The Morgan fingerprint density at radius 1 is 0.700 bits per heavy atom. The topological polar surface area (TPSA) is 105 Å². The summed E-state index contributed by atoms with van der Waals surface area (Å²) in [4.78, 5) is 45.6. The zero-order valence-electron chi connectivity index (χ0n) is 15.2. The van der Waals surface area contributed by atoms with E-state index in [9.17, 15) is 32.3 Å². The van der Waals surface area contributed by atoms with Gasteiger partial charge in [-0.3, -0.25) is 0 Å². The summed E-state index contributed by atoms with van der Waals surface area (Å²) in [5.41, 5.74) is -2.91. The van der Waals surface area contributed by atoms with Crippen molar-refractivity contribution < 1.29 is 51.3 Å². The zero-order valence-corrected chi connectivity index (χ0v) is 15.9. The highest BCUT2D eigenvalue weighted by atomic mass is 35.5. The first-order valence-electron chi connectivity index (χ1n) is 7.94. The molecule has 0 bridgehead atoms. The van der Waals surface area contributed by atoms with Crippen LogP contribution in [0.2, 0.25) is 5.02 Å². The van der Waals surface area contributed by atoms with Crippen LogP contribution in [-0.4, -0.2) is 50.3 Å². The minimum Gasteiger partial charge on any atom is -0.459 e. The summed E-state index contributed by atoms with van der Waals surface area (Å²) in [7, 11) is 0. The average Bonchev–Trinajstić information content (AvgIpc) is 2.72. The summed E-state index contributed by atoms with van der Waals surface area (Å²) in [5.74, 6) is -10.5. The fourth-order valence-corrected chi connectivity index (χ4v) is 2.00. The monoisotopic (exact) mass is 450 g/mol. The Hall–Kier alpha value is -3.34. The molecule has 1 rings (SSSR count). The predicted octanol–water partition coefficient (Wildman–Crippen LogP) is 2.53. The van der Waals surface area contributed by atoms with Gasteiger partial charge in [-0.05, 0) is 0 Å². The maximum absolute atomic E-state index is 14.5. The van der Waals surface area contributed by atoms with Crippen molar-refractivity contribution in [1.82, 2.24) is 0 Å². The van der Waals surface area contributed by atoms with Crippen LogP contribution < -0.4 is 0 Å². The molecule has 8 nitrogen and oxygen atoms in total. The second-order valence-corrected chi connectivity index (χ2v) is 5.40. The first-order chi connectivity index (χ1) is 14.1. The number of benzene rings is 1. The Morgan fingerprint density at radius 2 is 1.03 bits per heavy atom. The summed E-state index contributed by atoms with van der Waals surface area (Å²) in [6.45, 7) is 4.10. The van der Waals surface area contributed by atoms with Gasteiger partial charge < -0.3 is 18.9 Å². The Kier molecular flexibility index (Phi) is 9.56. The molecule has 0 atom stereocenters. The van der Waals surface area contributed by atoms with Crippen LogP contribution in [0, 0.1) is 17.5 Å². The summed E-state index contributed by atoms with van der Waals surface area (Å²) in [5, 5.41) is -1.36. The van der Waals surface area contributed by atoms with Crippen LogP contribution >= 0.6 is 11.6 Å². The van der Waals surface area contributed by atoms with Crippen LogP contribution in [0.3, 0.4) is 0 Å². The largest absolute Gasteiger partial charge is 0.459 e. The number of hydrogen-bond acceptors (Lipinski definition) is 8. The maximum atomic E-state index is 14.5. The van der Waals surface area contributed by atoms with Crippen molar-refractivity contribution in [3.05, 3.63) is 58.9 Å². The molecule has 12 heteroatoms. The molecule has 0 spiro atoms. The Morgan fingerprint density at radius 3 is 1.37 bits per heavy atom. The third kappa shape index (κ3) is 6.34. The summed E-state index contributed by atoms with van der Waals surface area (Å²) in [6.07, 6.45) is 1.66. The smallest absolute Gasteiger partial charge is 0.344 e. The molecule has 162 valence electrons. The summed E-state index contributed by atoms with van der Waals surface area (Å²) in [6, 6.07) is 0. The van der Waals surface area contributed by atoms with Gasteiger partial charge in [0.15, 0.2) is 17.5 Å². The van der Waals surface area contributed by atoms with Gasteiger partial charge in [-0.2, -0.15) is 0 Å². The van der Waals surface area contributed by atoms with E-state index in [1.54, 1.807) is 0 Å². The van der Waals surface area contributed by atoms with Gasteiger partial charge in [0.25, 0.3) is 0 Å². The molecule has 0 amide bonds. The number of esters is 4. The number of carbonyl (C=O) groups is 4. The Labute approximate surface area is 172 Å². The summed E-state index contributed by atoms with van der Waals surface area (Å²) < 4.78 is 60.8. The second kappa shape index (κ2) is 11.6. The fourth-order valence-electron chi connectivity index (χ4n) is 1.81. The van der Waals surface area contributed by atoms with Crippen molar-refractivity contribution >= 4 is 35.5 Å². The van der Waals surface area contributed by atoms with Gasteiger partial charge in [0, 0.05) is 12.2 Å². The quantitative estimate of drug-likeness (QED) is 0.134. The lowest BCUT2D eigenvalue weighted by molar-refractivity contribution is -0.139. The molecule has 0 radical (unpaired) electrons.